The van der Waals surface area contributed by atoms with Crippen molar-refractivity contribution in [1.82, 2.24) is 0 Å². The quantitative estimate of drug-likeness (QED) is 0.566. The van der Waals surface area contributed by atoms with E-state index in [1.165, 1.54) is 12.1 Å². The highest BCUT2D eigenvalue weighted by Crippen LogP contribution is 2.28. The first-order chi connectivity index (χ1) is 13.7. The van der Waals surface area contributed by atoms with Crippen LogP contribution in [0, 0.1) is 12.2 Å². The van der Waals surface area contributed by atoms with Crippen LogP contribution < -0.4 is 14.2 Å². The smallest absolute Gasteiger partial charge is 0.344 e. The van der Waals surface area contributed by atoms with Gasteiger partial charge in [-0.25, -0.2) is 9.18 Å². The lowest BCUT2D eigenvalue weighted by atomic mass is 10.0. The van der Waals surface area contributed by atoms with Crippen LogP contribution in [0.4, 0.5) is 4.39 Å². The molecular weight excluding hydrogens is 375 g/mol. The van der Waals surface area contributed by atoms with Crippen LogP contribution in [0.1, 0.15) is 38.3 Å². The van der Waals surface area contributed by atoms with Crippen molar-refractivity contribution < 1.29 is 28.1 Å². The van der Waals surface area contributed by atoms with Crippen molar-refractivity contribution in [2.45, 2.75) is 39.2 Å². The number of rotatable bonds is 9. The molecule has 0 atom stereocenters. The highest BCUT2D eigenvalue weighted by Gasteiger charge is 2.17. The second-order valence-corrected chi connectivity index (χ2v) is 7.49. The second kappa shape index (κ2) is 10.1. The molecule has 157 valence electrons. The Morgan fingerprint density at radius 2 is 1.76 bits per heavy atom. The predicted molar refractivity (Wildman–Crippen MR) is 109 cm³/mol. The summed E-state index contributed by atoms with van der Waals surface area (Å²) in [5.74, 6) is 0.923. The number of hydrogen-bond acceptors (Lipinski definition) is 5. The minimum Gasteiger partial charge on any atom is -0.493 e. The van der Waals surface area contributed by atoms with Gasteiger partial charge in [-0.05, 0) is 81.5 Å². The zero-order chi connectivity index (χ0) is 21.4. The molecule has 5 nitrogen and oxygen atoms in total. The van der Waals surface area contributed by atoms with E-state index in [1.54, 1.807) is 47.5 Å². The second-order valence-electron chi connectivity index (χ2n) is 7.49. The Kier molecular flexibility index (Phi) is 7.88. The van der Waals surface area contributed by atoms with Crippen LogP contribution in [0.15, 0.2) is 36.4 Å². The molecule has 0 aliphatic heterocycles. The van der Waals surface area contributed by atoms with Crippen molar-refractivity contribution in [3.8, 4) is 17.2 Å². The number of halogens is 1. The molecule has 1 radical (unpaired) electrons. The Bertz CT molecular complexity index is 827. The molecule has 0 spiro atoms. The van der Waals surface area contributed by atoms with Crippen molar-refractivity contribution in [3.63, 3.8) is 0 Å². The highest BCUT2D eigenvalue weighted by atomic mass is 19.1. The molecule has 0 saturated carbocycles. The molecule has 0 fully saturated rings. The van der Waals surface area contributed by atoms with Gasteiger partial charge >= 0.3 is 5.97 Å². The Labute approximate surface area is 171 Å². The standard InChI is InChI=1S/C23H28FO5/c1-23(2,3)29-22(25)15-28-18-10-11-19(24)17(14-18)8-6-7-16-9-12-20(26-4)21(13-16)27-5/h8-14H,6-7,15H2,1-5H3. The first-order valence-electron chi connectivity index (χ1n) is 9.40. The van der Waals surface area contributed by atoms with Crippen molar-refractivity contribution >= 4 is 5.97 Å². The molecule has 29 heavy (non-hydrogen) atoms. The summed E-state index contributed by atoms with van der Waals surface area (Å²) >= 11 is 0. The number of carbonyl (C=O) groups excluding carboxylic acids is 1. The number of ether oxygens (including phenoxy) is 4. The summed E-state index contributed by atoms with van der Waals surface area (Å²) in [6.07, 6.45) is 3.14. The van der Waals surface area contributed by atoms with Gasteiger partial charge in [0.2, 0.25) is 0 Å². The summed E-state index contributed by atoms with van der Waals surface area (Å²) < 4.78 is 35.3. The first-order valence-corrected chi connectivity index (χ1v) is 9.40. The number of methoxy groups -OCH3 is 2. The van der Waals surface area contributed by atoms with Crippen LogP contribution in [0.5, 0.6) is 17.2 Å². The summed E-state index contributed by atoms with van der Waals surface area (Å²) in [7, 11) is 3.18. The third-order valence-corrected chi connectivity index (χ3v) is 3.99. The van der Waals surface area contributed by atoms with Crippen LogP contribution in [0.3, 0.4) is 0 Å². The zero-order valence-corrected chi connectivity index (χ0v) is 17.6. The fraction of sp³-hybridized carbons (Fsp3) is 0.391. The summed E-state index contributed by atoms with van der Waals surface area (Å²) in [6, 6.07) is 10.1. The maximum atomic E-state index is 14.1. The van der Waals surface area contributed by atoms with Gasteiger partial charge in [0.1, 0.15) is 17.2 Å². The molecule has 0 saturated heterocycles. The highest BCUT2D eigenvalue weighted by molar-refractivity contribution is 5.71. The lowest BCUT2D eigenvalue weighted by Crippen LogP contribution is -2.27. The van der Waals surface area contributed by atoms with Crippen molar-refractivity contribution in [2.24, 2.45) is 0 Å². The molecule has 0 unspecified atom stereocenters. The number of hydrogen-bond donors (Lipinski definition) is 0. The fourth-order valence-corrected chi connectivity index (χ4v) is 2.71. The first kappa shape index (κ1) is 22.5. The minimum absolute atomic E-state index is 0.228. The topological polar surface area (TPSA) is 54.0 Å². The van der Waals surface area contributed by atoms with Gasteiger partial charge in [-0.2, -0.15) is 0 Å². The van der Waals surface area contributed by atoms with Crippen molar-refractivity contribution in [3.05, 3.63) is 59.8 Å². The van der Waals surface area contributed by atoms with Gasteiger partial charge in [-0.1, -0.05) is 6.07 Å². The lowest BCUT2D eigenvalue weighted by molar-refractivity contribution is -0.157. The molecule has 0 aliphatic carbocycles. The molecule has 0 bridgehead atoms. The molecule has 0 amide bonds. The lowest BCUT2D eigenvalue weighted by Gasteiger charge is -2.19. The molecule has 2 aromatic carbocycles. The maximum absolute atomic E-state index is 14.1. The Morgan fingerprint density at radius 3 is 2.41 bits per heavy atom. The largest absolute Gasteiger partial charge is 0.493 e. The van der Waals surface area contributed by atoms with Crippen molar-refractivity contribution in [2.75, 3.05) is 20.8 Å². The third-order valence-electron chi connectivity index (χ3n) is 3.99. The van der Waals surface area contributed by atoms with Crippen molar-refractivity contribution in [1.29, 1.82) is 0 Å². The summed E-state index contributed by atoms with van der Waals surface area (Å²) in [6.45, 7) is 5.13. The van der Waals surface area contributed by atoms with Gasteiger partial charge in [0.05, 0.1) is 14.2 Å². The van der Waals surface area contributed by atoms with E-state index in [2.05, 4.69) is 0 Å². The predicted octanol–water partition coefficient (Wildman–Crippen LogP) is 4.75. The SMILES string of the molecule is COc1ccc(CC[CH]c2cc(OCC(=O)OC(C)(C)C)ccc2F)cc1OC. The maximum Gasteiger partial charge on any atom is 0.344 e. The molecule has 0 aromatic heterocycles. The van der Waals surface area contributed by atoms with Gasteiger partial charge in [-0.3, -0.25) is 0 Å². The number of carbonyl (C=O) groups is 1. The van der Waals surface area contributed by atoms with Crippen LogP contribution >= 0.6 is 0 Å². The zero-order valence-electron chi connectivity index (χ0n) is 17.6. The van der Waals surface area contributed by atoms with Crippen LogP contribution in [0.2, 0.25) is 0 Å². The summed E-state index contributed by atoms with van der Waals surface area (Å²) in [5.41, 5.74) is 0.899. The van der Waals surface area contributed by atoms with E-state index in [4.69, 9.17) is 18.9 Å². The van der Waals surface area contributed by atoms with Gasteiger partial charge in [0.25, 0.3) is 0 Å². The number of aryl methyl sites for hydroxylation is 1. The summed E-state index contributed by atoms with van der Waals surface area (Å²) in [5, 5.41) is 0. The van der Waals surface area contributed by atoms with Gasteiger partial charge in [-0.15, -0.1) is 0 Å². The summed E-state index contributed by atoms with van der Waals surface area (Å²) in [4.78, 5) is 11.8. The molecular formula is C23H28FO5. The van der Waals surface area contributed by atoms with E-state index >= 15 is 0 Å². The molecule has 0 N–H and O–H groups in total. The minimum atomic E-state index is -0.577. The van der Waals surface area contributed by atoms with E-state index in [0.29, 0.717) is 35.7 Å². The van der Waals surface area contributed by atoms with Gasteiger partial charge in [0.15, 0.2) is 18.1 Å². The van der Waals surface area contributed by atoms with E-state index in [-0.39, 0.29) is 12.4 Å². The molecule has 0 heterocycles. The fourth-order valence-electron chi connectivity index (χ4n) is 2.71. The Morgan fingerprint density at radius 1 is 1.03 bits per heavy atom. The number of esters is 1. The average Bonchev–Trinajstić information content (AvgIpc) is 2.66. The van der Waals surface area contributed by atoms with Crippen LogP contribution in [0.25, 0.3) is 0 Å². The van der Waals surface area contributed by atoms with E-state index in [9.17, 15) is 9.18 Å². The van der Waals surface area contributed by atoms with E-state index in [0.717, 1.165) is 5.56 Å². The molecule has 6 heteroatoms. The Balaban J connectivity index is 1.92. The normalized spacial score (nSPS) is 11.1. The van der Waals surface area contributed by atoms with Gasteiger partial charge < -0.3 is 18.9 Å². The van der Waals surface area contributed by atoms with E-state index in [1.807, 2.05) is 18.2 Å². The third kappa shape index (κ3) is 7.29. The molecule has 0 aliphatic rings. The van der Waals surface area contributed by atoms with Gasteiger partial charge in [0, 0.05) is 0 Å². The molecule has 2 aromatic rings. The molecule has 2 rings (SSSR count). The average molecular weight is 403 g/mol. The monoisotopic (exact) mass is 403 g/mol. The van der Waals surface area contributed by atoms with Crippen LogP contribution in [-0.2, 0) is 16.0 Å². The van der Waals surface area contributed by atoms with Crippen LogP contribution in [-0.4, -0.2) is 32.4 Å². The Hall–Kier alpha value is -2.76. The number of benzene rings is 2. The van der Waals surface area contributed by atoms with E-state index < -0.39 is 11.6 Å².